The van der Waals surface area contributed by atoms with Crippen molar-refractivity contribution >= 4 is 0 Å². The Balaban J connectivity index is -0.000000500. The molecule has 0 atom stereocenters. The summed E-state index contributed by atoms with van der Waals surface area (Å²) in [6.45, 7) is 2.75. The molecule has 0 aliphatic rings. The molecule has 0 saturated carbocycles. The first-order valence-electron chi connectivity index (χ1n) is 3.67. The first kappa shape index (κ1) is 18.6. The van der Waals surface area contributed by atoms with Crippen LogP contribution in [0, 0.1) is 0 Å². The lowest BCUT2D eigenvalue weighted by Crippen LogP contribution is -2.09. The number of aliphatic hydroxyl groups excluding tert-OH is 1. The van der Waals surface area contributed by atoms with Crippen LogP contribution in [0.15, 0.2) is 0 Å². The molecular formula is C8H22O5. The standard InChI is InChI=1S/C7H16O4.CH4.H2O/c1-9-4-5-11-7-6-10-3-2-8;;/h8H,2-7H2,1H3;1H4;1H2. The van der Waals surface area contributed by atoms with Crippen LogP contribution in [0.1, 0.15) is 7.43 Å². The Morgan fingerprint density at radius 2 is 1.38 bits per heavy atom. The molecule has 5 nitrogen and oxygen atoms in total. The summed E-state index contributed by atoms with van der Waals surface area (Å²) in [5.41, 5.74) is 0. The maximum absolute atomic E-state index is 8.32. The smallest absolute Gasteiger partial charge is 0.0701 e. The molecule has 0 aromatic rings. The second kappa shape index (κ2) is 17.8. The number of rotatable bonds is 8. The second-order valence-corrected chi connectivity index (χ2v) is 1.94. The van der Waals surface area contributed by atoms with E-state index in [1.807, 2.05) is 0 Å². The van der Waals surface area contributed by atoms with Crippen molar-refractivity contribution in [2.24, 2.45) is 0 Å². The van der Waals surface area contributed by atoms with E-state index in [4.69, 9.17) is 19.3 Å². The highest BCUT2D eigenvalue weighted by molar-refractivity contribution is 4.31. The number of hydrogen-bond acceptors (Lipinski definition) is 4. The Bertz CT molecular complexity index is 61.6. The Hall–Kier alpha value is -0.200. The third-order valence-corrected chi connectivity index (χ3v) is 1.04. The molecule has 0 fully saturated rings. The Morgan fingerprint density at radius 3 is 1.85 bits per heavy atom. The lowest BCUT2D eigenvalue weighted by molar-refractivity contribution is 0.0159. The molecule has 0 heterocycles. The van der Waals surface area contributed by atoms with Crippen LogP contribution in [0.5, 0.6) is 0 Å². The van der Waals surface area contributed by atoms with E-state index in [1.165, 1.54) is 0 Å². The number of hydrogen-bond donors (Lipinski definition) is 1. The molecular weight excluding hydrogens is 176 g/mol. The second-order valence-electron chi connectivity index (χ2n) is 1.94. The molecule has 0 unspecified atom stereocenters. The SMILES string of the molecule is C.COCCOCCOCCO.O. The molecule has 0 aliphatic carbocycles. The predicted octanol–water partition coefficient (Wildman–Crippen LogP) is -0.530. The van der Waals surface area contributed by atoms with Gasteiger partial charge in [-0.15, -0.1) is 0 Å². The van der Waals surface area contributed by atoms with E-state index in [2.05, 4.69) is 0 Å². The van der Waals surface area contributed by atoms with Crippen molar-refractivity contribution in [1.82, 2.24) is 0 Å². The molecule has 0 spiro atoms. The largest absolute Gasteiger partial charge is 0.412 e. The van der Waals surface area contributed by atoms with Gasteiger partial charge >= 0.3 is 0 Å². The average molecular weight is 198 g/mol. The van der Waals surface area contributed by atoms with Gasteiger partial charge in [-0.25, -0.2) is 0 Å². The third-order valence-electron chi connectivity index (χ3n) is 1.04. The van der Waals surface area contributed by atoms with Crippen molar-refractivity contribution in [3.05, 3.63) is 0 Å². The van der Waals surface area contributed by atoms with E-state index in [-0.39, 0.29) is 19.5 Å². The van der Waals surface area contributed by atoms with Crippen LogP contribution in [0.4, 0.5) is 0 Å². The molecule has 84 valence electrons. The number of methoxy groups -OCH3 is 1. The lowest BCUT2D eigenvalue weighted by atomic mass is 10.7. The van der Waals surface area contributed by atoms with Gasteiger partial charge in [0.15, 0.2) is 0 Å². The summed E-state index contributed by atoms with van der Waals surface area (Å²) in [6.07, 6.45) is 0. The highest BCUT2D eigenvalue weighted by Crippen LogP contribution is 1.78. The summed E-state index contributed by atoms with van der Waals surface area (Å²) in [7, 11) is 1.63. The van der Waals surface area contributed by atoms with Crippen LogP contribution in [-0.4, -0.2) is 57.3 Å². The van der Waals surface area contributed by atoms with Gasteiger partial charge in [0, 0.05) is 7.11 Å². The molecule has 0 saturated heterocycles. The fourth-order valence-electron chi connectivity index (χ4n) is 0.529. The van der Waals surface area contributed by atoms with Gasteiger partial charge in [0.05, 0.1) is 39.6 Å². The number of aliphatic hydroxyl groups is 1. The molecule has 0 aliphatic heterocycles. The van der Waals surface area contributed by atoms with Crippen molar-refractivity contribution in [3.63, 3.8) is 0 Å². The fourth-order valence-corrected chi connectivity index (χ4v) is 0.529. The molecule has 0 radical (unpaired) electrons. The first-order chi connectivity index (χ1) is 5.41. The molecule has 0 aromatic heterocycles. The quantitative estimate of drug-likeness (QED) is 0.532. The van der Waals surface area contributed by atoms with E-state index in [9.17, 15) is 0 Å². The normalized spacial score (nSPS) is 8.77. The summed E-state index contributed by atoms with van der Waals surface area (Å²) in [5, 5.41) is 8.32. The predicted molar refractivity (Wildman–Crippen MR) is 50.9 cm³/mol. The molecule has 13 heavy (non-hydrogen) atoms. The number of ether oxygens (including phenoxy) is 3. The van der Waals surface area contributed by atoms with E-state index in [1.54, 1.807) is 7.11 Å². The zero-order valence-electron chi connectivity index (χ0n) is 7.41. The average Bonchev–Trinajstić information content (AvgIpc) is 2.03. The summed E-state index contributed by atoms with van der Waals surface area (Å²) in [5.74, 6) is 0. The topological polar surface area (TPSA) is 79.4 Å². The zero-order valence-corrected chi connectivity index (χ0v) is 7.41. The minimum absolute atomic E-state index is 0. The summed E-state index contributed by atoms with van der Waals surface area (Å²) < 4.78 is 14.8. The van der Waals surface area contributed by atoms with Crippen LogP contribution in [0.3, 0.4) is 0 Å². The minimum Gasteiger partial charge on any atom is -0.412 e. The van der Waals surface area contributed by atoms with Gasteiger partial charge < -0.3 is 24.8 Å². The Kier molecular flexibility index (Phi) is 25.4. The first-order valence-corrected chi connectivity index (χ1v) is 3.67. The zero-order chi connectivity index (χ0) is 8.36. The van der Waals surface area contributed by atoms with Gasteiger partial charge in [-0.1, -0.05) is 7.43 Å². The van der Waals surface area contributed by atoms with Crippen molar-refractivity contribution in [2.45, 2.75) is 7.43 Å². The summed E-state index contributed by atoms with van der Waals surface area (Å²) >= 11 is 0. The van der Waals surface area contributed by atoms with Crippen LogP contribution in [0.2, 0.25) is 0 Å². The van der Waals surface area contributed by atoms with E-state index in [0.717, 1.165) is 0 Å². The van der Waals surface area contributed by atoms with Gasteiger partial charge in [-0.2, -0.15) is 0 Å². The molecule has 0 rings (SSSR count). The van der Waals surface area contributed by atoms with Crippen molar-refractivity contribution in [3.8, 4) is 0 Å². The van der Waals surface area contributed by atoms with Gasteiger partial charge in [-0.05, 0) is 0 Å². The minimum atomic E-state index is 0. The van der Waals surface area contributed by atoms with Gasteiger partial charge in [0.1, 0.15) is 0 Å². The summed E-state index contributed by atoms with van der Waals surface area (Å²) in [4.78, 5) is 0. The Labute approximate surface area is 79.9 Å². The highest BCUT2D eigenvalue weighted by Gasteiger charge is 1.87. The van der Waals surface area contributed by atoms with Crippen LogP contribution in [0.25, 0.3) is 0 Å². The molecule has 3 N–H and O–H groups in total. The molecule has 0 amide bonds. The van der Waals surface area contributed by atoms with Crippen LogP contribution < -0.4 is 0 Å². The molecule has 0 aromatic carbocycles. The summed E-state index contributed by atoms with van der Waals surface area (Å²) in [6, 6.07) is 0. The molecule has 5 heteroatoms. The third kappa shape index (κ3) is 18.6. The van der Waals surface area contributed by atoms with E-state index >= 15 is 0 Å². The van der Waals surface area contributed by atoms with Crippen molar-refractivity contribution in [2.75, 3.05) is 46.8 Å². The fraction of sp³-hybridized carbons (Fsp3) is 1.00. The van der Waals surface area contributed by atoms with Crippen LogP contribution in [-0.2, 0) is 14.2 Å². The van der Waals surface area contributed by atoms with Crippen molar-refractivity contribution in [1.29, 1.82) is 0 Å². The van der Waals surface area contributed by atoms with Gasteiger partial charge in [0.25, 0.3) is 0 Å². The molecule has 0 bridgehead atoms. The maximum atomic E-state index is 8.32. The van der Waals surface area contributed by atoms with Crippen LogP contribution >= 0.6 is 0 Å². The van der Waals surface area contributed by atoms with Gasteiger partial charge in [0.2, 0.25) is 0 Å². The highest BCUT2D eigenvalue weighted by atomic mass is 16.5. The van der Waals surface area contributed by atoms with E-state index < -0.39 is 0 Å². The van der Waals surface area contributed by atoms with Crippen molar-refractivity contribution < 1.29 is 24.8 Å². The lowest BCUT2D eigenvalue weighted by Gasteiger charge is -2.03. The van der Waals surface area contributed by atoms with E-state index in [0.29, 0.717) is 33.0 Å². The monoisotopic (exact) mass is 198 g/mol. The maximum Gasteiger partial charge on any atom is 0.0701 e. The Morgan fingerprint density at radius 1 is 0.923 bits per heavy atom. The van der Waals surface area contributed by atoms with Gasteiger partial charge in [-0.3, -0.25) is 0 Å².